The first-order valence-corrected chi connectivity index (χ1v) is 8.53. The maximum absolute atomic E-state index is 6.58. The van der Waals surface area contributed by atoms with Gasteiger partial charge in [-0.1, -0.05) is 32.6 Å². The van der Waals surface area contributed by atoms with Crippen molar-refractivity contribution >= 4 is 0 Å². The van der Waals surface area contributed by atoms with Gasteiger partial charge in [0, 0.05) is 6.04 Å². The Kier molecular flexibility index (Phi) is 3.98. The molecular weight excluding hydrogens is 218 g/mol. The van der Waals surface area contributed by atoms with Crippen LogP contribution in [-0.4, -0.2) is 6.04 Å². The minimum atomic E-state index is 0.525. The summed E-state index contributed by atoms with van der Waals surface area (Å²) in [5.41, 5.74) is 6.58. The van der Waals surface area contributed by atoms with E-state index in [4.69, 9.17) is 5.73 Å². The molecule has 104 valence electrons. The summed E-state index contributed by atoms with van der Waals surface area (Å²) in [6, 6.07) is 0.525. The molecule has 1 heteroatoms. The van der Waals surface area contributed by atoms with Gasteiger partial charge in [-0.15, -0.1) is 0 Å². The first-order chi connectivity index (χ1) is 8.78. The van der Waals surface area contributed by atoms with Crippen molar-refractivity contribution in [3.8, 4) is 0 Å². The van der Waals surface area contributed by atoms with Crippen LogP contribution in [0.15, 0.2) is 0 Å². The highest BCUT2D eigenvalue weighted by atomic mass is 14.7. The van der Waals surface area contributed by atoms with Gasteiger partial charge in [0.1, 0.15) is 0 Å². The second kappa shape index (κ2) is 5.53. The highest BCUT2D eigenvalue weighted by Crippen LogP contribution is 2.57. The minimum Gasteiger partial charge on any atom is -0.327 e. The molecule has 4 aliphatic rings. The maximum Gasteiger partial charge on any atom is 0.00724 e. The van der Waals surface area contributed by atoms with Crippen LogP contribution in [0.4, 0.5) is 0 Å². The van der Waals surface area contributed by atoms with E-state index in [1.807, 2.05) is 0 Å². The summed E-state index contributed by atoms with van der Waals surface area (Å²) in [4.78, 5) is 0. The van der Waals surface area contributed by atoms with Crippen molar-refractivity contribution in [3.63, 3.8) is 0 Å². The van der Waals surface area contributed by atoms with Gasteiger partial charge in [0.2, 0.25) is 0 Å². The van der Waals surface area contributed by atoms with Crippen molar-refractivity contribution in [2.45, 2.75) is 77.2 Å². The van der Waals surface area contributed by atoms with E-state index in [1.165, 1.54) is 57.8 Å². The Bertz CT molecular complexity index is 245. The fraction of sp³-hybridized carbons (Fsp3) is 1.00. The lowest BCUT2D eigenvalue weighted by atomic mass is 9.50. The Balaban J connectivity index is 1.52. The topological polar surface area (TPSA) is 26.0 Å². The molecule has 0 aromatic rings. The number of rotatable bonds is 6. The Morgan fingerprint density at radius 3 is 2.06 bits per heavy atom. The first-order valence-electron chi connectivity index (χ1n) is 8.53. The van der Waals surface area contributed by atoms with Gasteiger partial charge in [-0.25, -0.2) is 0 Å². The molecule has 0 aromatic heterocycles. The molecule has 18 heavy (non-hydrogen) atoms. The van der Waals surface area contributed by atoms with Gasteiger partial charge in [-0.3, -0.25) is 0 Å². The summed E-state index contributed by atoms with van der Waals surface area (Å²) >= 11 is 0. The highest BCUT2D eigenvalue weighted by Gasteiger charge is 2.49. The fourth-order valence-corrected chi connectivity index (χ4v) is 5.67. The summed E-state index contributed by atoms with van der Waals surface area (Å²) in [5, 5.41) is 0. The molecule has 4 aliphatic carbocycles. The van der Waals surface area contributed by atoms with E-state index in [1.54, 1.807) is 6.42 Å². The molecule has 4 saturated carbocycles. The average Bonchev–Trinajstić information content (AvgIpc) is 2.33. The quantitative estimate of drug-likeness (QED) is 0.696. The van der Waals surface area contributed by atoms with Crippen molar-refractivity contribution < 1.29 is 0 Å². The molecule has 4 rings (SSSR count). The Labute approximate surface area is 113 Å². The van der Waals surface area contributed by atoms with Crippen molar-refractivity contribution in [1.82, 2.24) is 0 Å². The van der Waals surface area contributed by atoms with Crippen molar-refractivity contribution in [2.75, 3.05) is 0 Å². The third-order valence-corrected chi connectivity index (χ3v) is 6.19. The second-order valence-electron chi connectivity index (χ2n) is 7.52. The molecule has 0 aromatic carbocycles. The lowest BCUT2D eigenvalue weighted by molar-refractivity contribution is -0.0477. The molecule has 1 nitrogen and oxygen atoms in total. The van der Waals surface area contributed by atoms with Crippen LogP contribution in [0, 0.1) is 29.6 Å². The van der Waals surface area contributed by atoms with E-state index >= 15 is 0 Å². The molecule has 2 N–H and O–H groups in total. The van der Waals surface area contributed by atoms with Crippen LogP contribution in [0.25, 0.3) is 0 Å². The number of hydrogen-bond acceptors (Lipinski definition) is 1. The molecule has 1 atom stereocenters. The van der Waals surface area contributed by atoms with E-state index in [-0.39, 0.29) is 0 Å². The number of unbranched alkanes of at least 4 members (excludes halogenated alkanes) is 3. The smallest absolute Gasteiger partial charge is 0.00724 e. The van der Waals surface area contributed by atoms with Gasteiger partial charge in [0.15, 0.2) is 0 Å². The van der Waals surface area contributed by atoms with Gasteiger partial charge < -0.3 is 5.73 Å². The summed E-state index contributed by atoms with van der Waals surface area (Å²) in [7, 11) is 0. The van der Waals surface area contributed by atoms with Crippen LogP contribution in [-0.2, 0) is 0 Å². The van der Waals surface area contributed by atoms with Crippen LogP contribution in [0.3, 0.4) is 0 Å². The lowest BCUT2D eigenvalue weighted by Gasteiger charge is -2.56. The Morgan fingerprint density at radius 1 is 0.889 bits per heavy atom. The van der Waals surface area contributed by atoms with Crippen LogP contribution in [0.1, 0.15) is 71.1 Å². The summed E-state index contributed by atoms with van der Waals surface area (Å²) < 4.78 is 0. The van der Waals surface area contributed by atoms with Crippen LogP contribution in [0.5, 0.6) is 0 Å². The number of nitrogens with two attached hydrogens (primary N) is 1. The molecule has 0 aliphatic heterocycles. The van der Waals surface area contributed by atoms with Crippen LogP contribution in [0.2, 0.25) is 0 Å². The van der Waals surface area contributed by atoms with Gasteiger partial charge >= 0.3 is 0 Å². The van der Waals surface area contributed by atoms with E-state index in [0.29, 0.717) is 6.04 Å². The Morgan fingerprint density at radius 2 is 1.50 bits per heavy atom. The van der Waals surface area contributed by atoms with Crippen LogP contribution >= 0.6 is 0 Å². The molecule has 1 unspecified atom stereocenters. The zero-order valence-corrected chi connectivity index (χ0v) is 12.1. The average molecular weight is 249 g/mol. The molecule has 0 saturated heterocycles. The molecule has 4 bridgehead atoms. The third kappa shape index (κ3) is 2.48. The van der Waals surface area contributed by atoms with Gasteiger partial charge in [-0.2, -0.15) is 0 Å². The molecule has 0 radical (unpaired) electrons. The predicted octanol–water partition coefficient (Wildman–Crippen LogP) is 4.36. The SMILES string of the molecule is CCCCCCC(N)C1C2CC3CC(C2)CC1C3. The normalized spacial score (nSPS) is 43.3. The second-order valence-corrected chi connectivity index (χ2v) is 7.52. The van der Waals surface area contributed by atoms with E-state index in [2.05, 4.69) is 6.92 Å². The largest absolute Gasteiger partial charge is 0.327 e. The minimum absolute atomic E-state index is 0.525. The molecular formula is C17H31N. The first kappa shape index (κ1) is 13.0. The summed E-state index contributed by atoms with van der Waals surface area (Å²) in [6.07, 6.45) is 14.5. The van der Waals surface area contributed by atoms with Gasteiger partial charge in [0.25, 0.3) is 0 Å². The molecule has 0 amide bonds. The summed E-state index contributed by atoms with van der Waals surface area (Å²) in [5.74, 6) is 5.12. The van der Waals surface area contributed by atoms with E-state index in [9.17, 15) is 0 Å². The molecule has 4 fully saturated rings. The summed E-state index contributed by atoms with van der Waals surface area (Å²) in [6.45, 7) is 2.29. The van der Waals surface area contributed by atoms with Crippen molar-refractivity contribution in [1.29, 1.82) is 0 Å². The maximum atomic E-state index is 6.58. The van der Waals surface area contributed by atoms with Crippen LogP contribution < -0.4 is 5.73 Å². The monoisotopic (exact) mass is 249 g/mol. The van der Waals surface area contributed by atoms with Gasteiger partial charge in [0.05, 0.1) is 0 Å². The third-order valence-electron chi connectivity index (χ3n) is 6.19. The van der Waals surface area contributed by atoms with Crippen molar-refractivity contribution in [3.05, 3.63) is 0 Å². The Hall–Kier alpha value is -0.0400. The van der Waals surface area contributed by atoms with E-state index in [0.717, 1.165) is 29.6 Å². The molecule has 0 heterocycles. The lowest BCUT2D eigenvalue weighted by Crippen LogP contribution is -2.51. The van der Waals surface area contributed by atoms with Crippen molar-refractivity contribution in [2.24, 2.45) is 35.3 Å². The standard InChI is InChI=1S/C17H31N/c1-2-3-4-5-6-16(18)17-14-8-12-7-13(10-14)11-15(17)9-12/h12-17H,2-11,18H2,1H3. The molecule has 0 spiro atoms. The number of hydrogen-bond donors (Lipinski definition) is 1. The van der Waals surface area contributed by atoms with E-state index < -0.39 is 0 Å². The zero-order valence-electron chi connectivity index (χ0n) is 12.1. The highest BCUT2D eigenvalue weighted by molar-refractivity contribution is 5.00. The fourth-order valence-electron chi connectivity index (χ4n) is 5.67. The predicted molar refractivity (Wildman–Crippen MR) is 77.3 cm³/mol. The van der Waals surface area contributed by atoms with Gasteiger partial charge in [-0.05, 0) is 68.1 Å². The zero-order chi connectivity index (χ0) is 12.5.